The number of nitrogens with one attached hydrogen (secondary N) is 1. The van der Waals surface area contributed by atoms with E-state index in [1.165, 1.54) is 18.2 Å². The summed E-state index contributed by atoms with van der Waals surface area (Å²) in [4.78, 5) is 19.7. The van der Waals surface area contributed by atoms with E-state index in [0.29, 0.717) is 47.4 Å². The van der Waals surface area contributed by atoms with Crippen LogP contribution in [-0.4, -0.2) is 55.0 Å². The Hall–Kier alpha value is -3.73. The van der Waals surface area contributed by atoms with Crippen molar-refractivity contribution in [2.75, 3.05) is 19.0 Å². The Kier molecular flexibility index (Phi) is 7.46. The number of aromatic nitrogens is 4. The first-order chi connectivity index (χ1) is 18.4. The Labute approximate surface area is 224 Å². The van der Waals surface area contributed by atoms with Gasteiger partial charge in [-0.25, -0.2) is 9.37 Å². The molecule has 0 aliphatic carbocycles. The zero-order chi connectivity index (χ0) is 26.8. The maximum atomic E-state index is 14.0. The molecule has 38 heavy (non-hydrogen) atoms. The number of anilines is 1. The molecule has 4 heterocycles. The van der Waals surface area contributed by atoms with E-state index in [9.17, 15) is 14.3 Å². The summed E-state index contributed by atoms with van der Waals surface area (Å²) in [6.45, 7) is 1.25. The first kappa shape index (κ1) is 25.9. The van der Waals surface area contributed by atoms with E-state index in [1.807, 2.05) is 36.0 Å². The fourth-order valence-electron chi connectivity index (χ4n) is 4.75. The molecule has 1 aromatic carbocycles. The van der Waals surface area contributed by atoms with E-state index < -0.39 is 5.82 Å². The van der Waals surface area contributed by atoms with Gasteiger partial charge in [0.25, 0.3) is 5.91 Å². The Balaban J connectivity index is 1.43. The van der Waals surface area contributed by atoms with Crippen molar-refractivity contribution in [1.29, 1.82) is 0 Å². The van der Waals surface area contributed by atoms with Gasteiger partial charge in [-0.15, -0.1) is 0 Å². The minimum absolute atomic E-state index is 0.152. The highest BCUT2D eigenvalue weighted by molar-refractivity contribution is 6.33. The number of carbonyl (C=O) groups excluding carboxylic acids is 1. The van der Waals surface area contributed by atoms with Crippen LogP contribution in [0.1, 0.15) is 27.3 Å². The first-order valence-electron chi connectivity index (χ1n) is 12.1. The number of aryl methyl sites for hydroxylation is 1. The number of nitrogens with zero attached hydrogens (tertiary/aromatic N) is 5. The molecule has 2 N–H and O–H groups in total. The van der Waals surface area contributed by atoms with Crippen LogP contribution < -0.4 is 5.32 Å². The molecule has 5 rings (SSSR count). The first-order valence-corrected chi connectivity index (χ1v) is 12.5. The molecule has 3 aromatic heterocycles. The largest absolute Gasteiger partial charge is 0.392 e. The van der Waals surface area contributed by atoms with Crippen molar-refractivity contribution in [1.82, 2.24) is 24.2 Å². The smallest absolute Gasteiger partial charge is 0.271 e. The van der Waals surface area contributed by atoms with E-state index in [4.69, 9.17) is 16.3 Å². The molecule has 1 amide bonds. The van der Waals surface area contributed by atoms with Gasteiger partial charge >= 0.3 is 0 Å². The molecule has 0 bridgehead atoms. The van der Waals surface area contributed by atoms with Gasteiger partial charge in [0, 0.05) is 57.0 Å². The van der Waals surface area contributed by atoms with Crippen LogP contribution in [0.25, 0.3) is 11.1 Å². The van der Waals surface area contributed by atoms with Gasteiger partial charge in [0.2, 0.25) is 0 Å². The molecule has 0 saturated heterocycles. The summed E-state index contributed by atoms with van der Waals surface area (Å²) in [5.41, 5.74) is 4.15. The van der Waals surface area contributed by atoms with Gasteiger partial charge in [-0.2, -0.15) is 5.10 Å². The van der Waals surface area contributed by atoms with Crippen molar-refractivity contribution < 1.29 is 19.0 Å². The molecule has 4 aromatic rings. The maximum absolute atomic E-state index is 14.0. The number of methoxy groups -OCH3 is 1. The second kappa shape index (κ2) is 10.9. The fourth-order valence-corrected chi connectivity index (χ4v) is 4.97. The van der Waals surface area contributed by atoms with Crippen molar-refractivity contribution in [3.05, 3.63) is 88.3 Å². The molecule has 1 atom stereocenters. The molecule has 9 nitrogen and oxygen atoms in total. The average molecular weight is 539 g/mol. The van der Waals surface area contributed by atoms with Crippen LogP contribution in [0.3, 0.4) is 0 Å². The Morgan fingerprint density at radius 2 is 2.08 bits per heavy atom. The summed E-state index contributed by atoms with van der Waals surface area (Å²) < 4.78 is 23.1. The molecule has 0 radical (unpaired) electrons. The summed E-state index contributed by atoms with van der Waals surface area (Å²) in [5.74, 6) is 0.0100. The van der Waals surface area contributed by atoms with Gasteiger partial charge < -0.3 is 24.6 Å². The minimum Gasteiger partial charge on any atom is -0.392 e. The lowest BCUT2D eigenvalue weighted by Gasteiger charge is -2.36. The topological polar surface area (TPSA) is 97.4 Å². The van der Waals surface area contributed by atoms with E-state index in [-0.39, 0.29) is 25.1 Å². The summed E-state index contributed by atoms with van der Waals surface area (Å²) in [6, 6.07) is 9.51. The Morgan fingerprint density at radius 3 is 2.82 bits per heavy atom. The predicted octanol–water partition coefficient (Wildman–Crippen LogP) is 3.85. The quantitative estimate of drug-likeness (QED) is 0.336. The number of hydrogen-bond acceptors (Lipinski definition) is 6. The van der Waals surface area contributed by atoms with Crippen molar-refractivity contribution >= 4 is 23.3 Å². The van der Waals surface area contributed by atoms with Crippen LogP contribution in [0.4, 0.5) is 10.2 Å². The normalized spacial score (nSPS) is 15.1. The molecule has 0 saturated carbocycles. The second-order valence-electron chi connectivity index (χ2n) is 9.23. The van der Waals surface area contributed by atoms with Crippen molar-refractivity contribution in [3.8, 4) is 11.1 Å². The van der Waals surface area contributed by atoms with E-state index in [1.54, 1.807) is 29.1 Å². The molecule has 0 fully saturated rings. The lowest BCUT2D eigenvalue weighted by molar-refractivity contribution is 0.0386. The van der Waals surface area contributed by atoms with Crippen molar-refractivity contribution in [2.45, 2.75) is 32.3 Å². The van der Waals surface area contributed by atoms with Crippen LogP contribution in [0.5, 0.6) is 0 Å². The third kappa shape index (κ3) is 5.15. The SMILES string of the molecule is COC[C@H]1Cn2cc(-c3cc(NCc4ccnn4C)ncc3Cl)cc2C(=O)N1Cc1cc(F)ccc1CO. The lowest BCUT2D eigenvalue weighted by atomic mass is 10.0. The molecule has 0 spiro atoms. The van der Waals surface area contributed by atoms with Crippen LogP contribution in [-0.2, 0) is 38.0 Å². The minimum atomic E-state index is -0.421. The number of rotatable bonds is 9. The Bertz CT molecular complexity index is 1470. The van der Waals surface area contributed by atoms with Crippen LogP contribution in [0.2, 0.25) is 5.02 Å². The molecular weight excluding hydrogens is 511 g/mol. The molecule has 198 valence electrons. The second-order valence-corrected chi connectivity index (χ2v) is 9.64. The fraction of sp³-hybridized carbons (Fsp3) is 0.296. The number of aliphatic hydroxyl groups is 1. The van der Waals surface area contributed by atoms with Gasteiger partial charge in [-0.05, 0) is 41.5 Å². The number of aliphatic hydroxyl groups excluding tert-OH is 1. The Morgan fingerprint density at radius 1 is 1.24 bits per heavy atom. The highest BCUT2D eigenvalue weighted by atomic mass is 35.5. The van der Waals surface area contributed by atoms with E-state index in [0.717, 1.165) is 16.8 Å². The van der Waals surface area contributed by atoms with Gasteiger partial charge in [0.1, 0.15) is 17.3 Å². The molecule has 1 aliphatic rings. The number of hydrogen-bond donors (Lipinski definition) is 2. The molecule has 0 unspecified atom stereocenters. The third-order valence-corrected chi connectivity index (χ3v) is 7.10. The van der Waals surface area contributed by atoms with Gasteiger partial charge in [0.15, 0.2) is 0 Å². The van der Waals surface area contributed by atoms with Gasteiger partial charge in [0.05, 0.1) is 36.5 Å². The van der Waals surface area contributed by atoms with Crippen LogP contribution in [0, 0.1) is 5.82 Å². The molecule has 11 heteroatoms. The zero-order valence-electron chi connectivity index (χ0n) is 21.1. The van der Waals surface area contributed by atoms with Crippen molar-refractivity contribution in [3.63, 3.8) is 0 Å². The molecular formula is C27H28ClFN6O3. The summed E-state index contributed by atoms with van der Waals surface area (Å²) in [5, 5.41) is 17.7. The number of benzene rings is 1. The highest BCUT2D eigenvalue weighted by Gasteiger charge is 2.34. The molecule has 1 aliphatic heterocycles. The van der Waals surface area contributed by atoms with Gasteiger partial charge in [-0.1, -0.05) is 17.7 Å². The summed E-state index contributed by atoms with van der Waals surface area (Å²) >= 11 is 6.53. The zero-order valence-corrected chi connectivity index (χ0v) is 21.8. The number of pyridine rings is 1. The number of fused-ring (bicyclic) bond motifs is 1. The predicted molar refractivity (Wildman–Crippen MR) is 141 cm³/mol. The monoisotopic (exact) mass is 538 g/mol. The third-order valence-electron chi connectivity index (χ3n) is 6.80. The number of carbonyl (C=O) groups is 1. The number of amides is 1. The summed E-state index contributed by atoms with van der Waals surface area (Å²) in [7, 11) is 3.46. The highest BCUT2D eigenvalue weighted by Crippen LogP contribution is 2.33. The number of ether oxygens (including phenoxy) is 1. The average Bonchev–Trinajstić information content (AvgIpc) is 3.52. The standard InChI is InChI=1S/C27H28ClFN6O3/c1-33-21(5-6-32-33)10-30-26-9-23(24(28)11-31-26)19-8-25-27(37)35(22(16-38-2)14-34(25)12-19)13-18-7-20(29)4-3-17(18)15-36/h3-9,11-12,22,36H,10,13-16H2,1-2H3,(H,30,31)/t22-/m1/s1. The van der Waals surface area contributed by atoms with Crippen LogP contribution in [0.15, 0.2) is 55.0 Å². The van der Waals surface area contributed by atoms with E-state index in [2.05, 4.69) is 15.4 Å². The van der Waals surface area contributed by atoms with Crippen LogP contribution >= 0.6 is 11.6 Å². The maximum Gasteiger partial charge on any atom is 0.271 e. The van der Waals surface area contributed by atoms with Crippen molar-refractivity contribution in [2.24, 2.45) is 7.05 Å². The summed E-state index contributed by atoms with van der Waals surface area (Å²) in [6.07, 6.45) is 5.22. The van der Waals surface area contributed by atoms with Gasteiger partial charge in [-0.3, -0.25) is 9.48 Å². The van der Waals surface area contributed by atoms with E-state index >= 15 is 0 Å². The number of halogens is 2. The lowest BCUT2D eigenvalue weighted by Crippen LogP contribution is -2.49.